The molecule has 38 heavy (non-hydrogen) atoms. The van der Waals surface area contributed by atoms with Gasteiger partial charge in [0.25, 0.3) is 5.09 Å². The molecule has 0 saturated heterocycles. The van der Waals surface area contributed by atoms with Crippen LogP contribution in [0, 0.1) is 10.1 Å². The number of fused-ring (bicyclic) bond motifs is 1. The van der Waals surface area contributed by atoms with Gasteiger partial charge in [-0.05, 0) is 36.2 Å². The van der Waals surface area contributed by atoms with Gasteiger partial charge in [-0.3, -0.25) is 0 Å². The fourth-order valence-corrected chi connectivity index (χ4v) is 3.74. The molecule has 2 rings (SSSR count). The maximum Gasteiger partial charge on any atom is 0.511 e. The van der Waals surface area contributed by atoms with E-state index in [2.05, 4.69) is 4.84 Å². The smallest absolute Gasteiger partial charge is 0.475 e. The van der Waals surface area contributed by atoms with Crippen LogP contribution in [-0.4, -0.2) is 74.0 Å². The van der Waals surface area contributed by atoms with Crippen LogP contribution in [0.2, 0.25) is 5.02 Å². The van der Waals surface area contributed by atoms with Gasteiger partial charge >= 0.3 is 18.3 Å². The van der Waals surface area contributed by atoms with Crippen molar-refractivity contribution in [2.24, 2.45) is 0 Å². The van der Waals surface area contributed by atoms with Gasteiger partial charge in [-0.25, -0.2) is 9.59 Å². The molecule has 1 aromatic rings. The van der Waals surface area contributed by atoms with Crippen LogP contribution in [0.25, 0.3) is 6.08 Å². The Morgan fingerprint density at radius 1 is 1.18 bits per heavy atom. The van der Waals surface area contributed by atoms with Gasteiger partial charge < -0.3 is 28.7 Å². The molecule has 0 amide bonds. The van der Waals surface area contributed by atoms with E-state index in [0.29, 0.717) is 5.56 Å². The molecule has 1 aliphatic rings. The Balaban J connectivity index is 2.03. The number of hydrogen-bond donors (Lipinski definition) is 0. The number of rotatable bonds is 10. The molecule has 0 N–H and O–H groups in total. The lowest BCUT2D eigenvalue weighted by atomic mass is 9.85. The third kappa shape index (κ3) is 8.94. The highest BCUT2D eigenvalue weighted by atomic mass is 35.5. The van der Waals surface area contributed by atoms with E-state index in [-0.39, 0.29) is 42.6 Å². The first-order chi connectivity index (χ1) is 17.5. The normalized spacial score (nSPS) is 16.1. The minimum Gasteiger partial charge on any atom is -0.475 e. The molecular formula is C23H28ClF3N2O9. The highest BCUT2D eigenvalue weighted by molar-refractivity contribution is 6.31. The van der Waals surface area contributed by atoms with Gasteiger partial charge in [-0.15, -0.1) is 10.1 Å². The number of ether oxygens (including phenoxy) is 4. The maximum absolute atomic E-state index is 13.8. The fourth-order valence-electron chi connectivity index (χ4n) is 3.28. The fraction of sp³-hybridized carbons (Fsp3) is 0.565. The quantitative estimate of drug-likeness (QED) is 0.172. The van der Waals surface area contributed by atoms with Gasteiger partial charge in [0.05, 0.1) is 5.57 Å². The van der Waals surface area contributed by atoms with Gasteiger partial charge in [0.2, 0.25) is 12.4 Å². The Morgan fingerprint density at radius 3 is 2.39 bits per heavy atom. The van der Waals surface area contributed by atoms with Crippen LogP contribution in [0.5, 0.6) is 5.75 Å². The summed E-state index contributed by atoms with van der Waals surface area (Å²) >= 11 is 6.31. The Labute approximate surface area is 221 Å². The molecule has 0 saturated carbocycles. The minimum atomic E-state index is -4.95. The summed E-state index contributed by atoms with van der Waals surface area (Å²) in [6.07, 6.45) is -9.44. The van der Waals surface area contributed by atoms with Crippen molar-refractivity contribution in [2.75, 3.05) is 33.4 Å². The Morgan fingerprint density at radius 2 is 1.82 bits per heavy atom. The summed E-state index contributed by atoms with van der Waals surface area (Å²) in [5, 5.41) is 9.46. The predicted octanol–water partition coefficient (Wildman–Crippen LogP) is 4.53. The summed E-state index contributed by atoms with van der Waals surface area (Å²) in [5.74, 6) is -1.51. The van der Waals surface area contributed by atoms with Gasteiger partial charge in [-0.2, -0.15) is 13.2 Å². The van der Waals surface area contributed by atoms with Crippen molar-refractivity contribution in [3.8, 4) is 5.75 Å². The van der Waals surface area contributed by atoms with Crippen molar-refractivity contribution < 1.29 is 51.6 Å². The molecule has 15 heteroatoms. The molecule has 0 radical (unpaired) electrons. The number of hydrogen-bond acceptors (Lipinski definition) is 10. The number of carbonyl (C=O) groups is 2. The summed E-state index contributed by atoms with van der Waals surface area (Å²) in [5.41, 5.74) is -0.618. The van der Waals surface area contributed by atoms with Crippen LogP contribution < -0.4 is 4.74 Å². The van der Waals surface area contributed by atoms with Crippen molar-refractivity contribution in [2.45, 2.75) is 51.7 Å². The highest BCUT2D eigenvalue weighted by Crippen LogP contribution is 2.42. The number of alkyl halides is 3. The van der Waals surface area contributed by atoms with Gasteiger partial charge in [0.1, 0.15) is 19.0 Å². The van der Waals surface area contributed by atoms with Crippen molar-refractivity contribution in [3.05, 3.63) is 44.0 Å². The standard InChI is InChI=1S/C23H28ClF3N2O9/c1-13(37-21(31)34-8-6-28(5)7-9-35-29(32)33)36-20(30)15-10-14-11-17(24)16(22(2,3)4)12-18(14)38-19(15)23(25,26)27/h10-13,19H,6-9H2,1-5H3/t13?,19-/m0/s1. The molecule has 0 bridgehead atoms. The highest BCUT2D eigenvalue weighted by Gasteiger charge is 2.49. The SMILES string of the molecule is CC(OC(=O)OCCN(C)CCO[N+](=O)[O-])OC(=O)C1=Cc2cc(Cl)c(C(C)(C)C)cc2O[C@@H]1C(F)(F)F. The largest absolute Gasteiger partial charge is 0.511 e. The second-order valence-electron chi connectivity index (χ2n) is 9.31. The monoisotopic (exact) mass is 568 g/mol. The Bertz CT molecular complexity index is 1070. The first-order valence-electron chi connectivity index (χ1n) is 11.3. The molecule has 1 unspecified atom stereocenters. The number of likely N-dealkylation sites (N-methyl/N-ethyl adjacent to an activating group) is 1. The van der Waals surface area contributed by atoms with E-state index < -0.39 is 46.8 Å². The van der Waals surface area contributed by atoms with Gasteiger partial charge in [0, 0.05) is 30.6 Å². The van der Waals surface area contributed by atoms with Crippen LogP contribution in [0.3, 0.4) is 0 Å². The Kier molecular flexibility index (Phi) is 10.2. The molecule has 0 fully saturated rings. The van der Waals surface area contributed by atoms with E-state index in [1.165, 1.54) is 12.1 Å². The molecule has 0 aromatic heterocycles. The van der Waals surface area contributed by atoms with E-state index in [4.69, 9.17) is 30.5 Å². The zero-order valence-corrected chi connectivity index (χ0v) is 22.1. The average Bonchev–Trinajstić information content (AvgIpc) is 2.75. The molecule has 0 aliphatic carbocycles. The topological polar surface area (TPSA) is 127 Å². The van der Waals surface area contributed by atoms with Crippen molar-refractivity contribution in [1.82, 2.24) is 4.90 Å². The molecule has 1 aliphatic heterocycles. The van der Waals surface area contributed by atoms with Crippen molar-refractivity contribution in [1.29, 1.82) is 0 Å². The van der Waals surface area contributed by atoms with Gasteiger partial charge in [0.15, 0.2) is 0 Å². The van der Waals surface area contributed by atoms with E-state index >= 15 is 0 Å². The van der Waals surface area contributed by atoms with Crippen LogP contribution >= 0.6 is 11.6 Å². The van der Waals surface area contributed by atoms with E-state index in [0.717, 1.165) is 13.0 Å². The third-order valence-electron chi connectivity index (χ3n) is 5.18. The second kappa shape index (κ2) is 12.5. The van der Waals surface area contributed by atoms with Crippen LogP contribution in [0.1, 0.15) is 38.8 Å². The lowest BCUT2D eigenvalue weighted by molar-refractivity contribution is -0.757. The van der Waals surface area contributed by atoms with E-state index in [1.54, 1.807) is 11.9 Å². The first kappa shape index (κ1) is 31.0. The lowest BCUT2D eigenvalue weighted by Gasteiger charge is -2.30. The molecular weight excluding hydrogens is 541 g/mol. The summed E-state index contributed by atoms with van der Waals surface area (Å²) in [6, 6.07) is 2.80. The van der Waals surface area contributed by atoms with Crippen LogP contribution in [0.4, 0.5) is 18.0 Å². The number of benzene rings is 1. The summed E-state index contributed by atoms with van der Waals surface area (Å²) in [4.78, 5) is 40.3. The lowest BCUT2D eigenvalue weighted by Crippen LogP contribution is -2.41. The molecule has 212 valence electrons. The second-order valence-corrected chi connectivity index (χ2v) is 9.72. The number of carbonyl (C=O) groups excluding carboxylic acids is 2. The zero-order chi connectivity index (χ0) is 28.8. The zero-order valence-electron chi connectivity index (χ0n) is 21.3. The first-order valence-corrected chi connectivity index (χ1v) is 11.7. The third-order valence-corrected chi connectivity index (χ3v) is 5.49. The van der Waals surface area contributed by atoms with Gasteiger partial charge in [-0.1, -0.05) is 32.4 Å². The maximum atomic E-state index is 13.8. The van der Waals surface area contributed by atoms with Crippen LogP contribution in [-0.2, 0) is 29.3 Å². The van der Waals surface area contributed by atoms with Crippen molar-refractivity contribution in [3.63, 3.8) is 0 Å². The molecule has 2 atom stereocenters. The summed E-state index contributed by atoms with van der Waals surface area (Å²) in [7, 11) is 1.59. The van der Waals surface area contributed by atoms with E-state index in [9.17, 15) is 32.9 Å². The number of nitrogens with zero attached hydrogens (tertiary/aromatic N) is 2. The molecule has 1 aromatic carbocycles. The van der Waals surface area contributed by atoms with Crippen molar-refractivity contribution >= 4 is 29.8 Å². The minimum absolute atomic E-state index is 0.0963. The van der Waals surface area contributed by atoms with E-state index in [1.807, 2.05) is 20.8 Å². The molecule has 11 nitrogen and oxygen atoms in total. The summed E-state index contributed by atoms with van der Waals surface area (Å²) < 4.78 is 60.9. The molecule has 1 heterocycles. The average molecular weight is 569 g/mol. The Hall–Kier alpha value is -3.26. The molecule has 0 spiro atoms. The predicted molar refractivity (Wildman–Crippen MR) is 127 cm³/mol. The number of halogens is 4. The van der Waals surface area contributed by atoms with Crippen LogP contribution in [0.15, 0.2) is 17.7 Å². The number of esters is 1. The summed E-state index contributed by atoms with van der Waals surface area (Å²) in [6.45, 7) is 6.60.